The molecule has 0 aromatic heterocycles. The van der Waals surface area contributed by atoms with Gasteiger partial charge in [0.25, 0.3) is 0 Å². The highest BCUT2D eigenvalue weighted by Gasteiger charge is 2.24. The molecule has 1 aliphatic heterocycles. The maximum absolute atomic E-state index is 12.6. The number of hydrogen-bond acceptors (Lipinski definition) is 4. The molecule has 0 aliphatic carbocycles. The number of carbonyl (C=O) groups is 1. The molecule has 26 heavy (non-hydrogen) atoms. The number of para-hydroxylation sites is 1. The van der Waals surface area contributed by atoms with Crippen molar-refractivity contribution in [3.63, 3.8) is 0 Å². The zero-order chi connectivity index (χ0) is 18.7. The average Bonchev–Trinajstić information content (AvgIpc) is 2.65. The Morgan fingerprint density at radius 2 is 2.04 bits per heavy atom. The van der Waals surface area contributed by atoms with E-state index in [1.165, 1.54) is 25.3 Å². The Labute approximate surface area is 157 Å². The van der Waals surface area contributed by atoms with Crippen LogP contribution in [0.4, 0.5) is 5.69 Å². The first-order chi connectivity index (χ1) is 12.4. The van der Waals surface area contributed by atoms with Gasteiger partial charge in [-0.05, 0) is 42.7 Å². The summed E-state index contributed by atoms with van der Waals surface area (Å²) in [5, 5.41) is 0.187. The van der Waals surface area contributed by atoms with E-state index in [9.17, 15) is 13.2 Å². The Hall–Kier alpha value is -2.09. The SMILES string of the molecule is COc1ccc(S(=O)(=O)NCC(=O)N2CCCc3ccccc32)cc1Cl. The number of rotatable bonds is 5. The second-order valence-electron chi connectivity index (χ2n) is 5.90. The van der Waals surface area contributed by atoms with Gasteiger partial charge in [0.15, 0.2) is 0 Å². The van der Waals surface area contributed by atoms with Gasteiger partial charge in [0.1, 0.15) is 5.75 Å². The summed E-state index contributed by atoms with van der Waals surface area (Å²) in [6.45, 7) is 0.256. The molecule has 1 aliphatic rings. The topological polar surface area (TPSA) is 75.7 Å². The Morgan fingerprint density at radius 1 is 1.27 bits per heavy atom. The van der Waals surface area contributed by atoms with E-state index in [2.05, 4.69) is 4.72 Å². The molecule has 138 valence electrons. The minimum Gasteiger partial charge on any atom is -0.495 e. The second-order valence-corrected chi connectivity index (χ2v) is 8.07. The first kappa shape index (κ1) is 18.7. The normalized spacial score (nSPS) is 14.0. The van der Waals surface area contributed by atoms with Crippen molar-refractivity contribution < 1.29 is 17.9 Å². The molecule has 0 atom stereocenters. The van der Waals surface area contributed by atoms with Gasteiger partial charge in [-0.3, -0.25) is 4.79 Å². The van der Waals surface area contributed by atoms with Crippen LogP contribution in [0.25, 0.3) is 0 Å². The van der Waals surface area contributed by atoms with Gasteiger partial charge in [-0.1, -0.05) is 29.8 Å². The lowest BCUT2D eigenvalue weighted by Crippen LogP contribution is -2.42. The molecular weight excluding hydrogens is 376 g/mol. The minimum atomic E-state index is -3.86. The molecule has 0 spiro atoms. The van der Waals surface area contributed by atoms with Crippen LogP contribution >= 0.6 is 11.6 Å². The smallest absolute Gasteiger partial charge is 0.242 e. The van der Waals surface area contributed by atoms with Crippen molar-refractivity contribution in [1.29, 1.82) is 0 Å². The van der Waals surface area contributed by atoms with Crippen molar-refractivity contribution in [1.82, 2.24) is 4.72 Å². The summed E-state index contributed by atoms with van der Waals surface area (Å²) < 4.78 is 32.2. The summed E-state index contributed by atoms with van der Waals surface area (Å²) in [6.07, 6.45) is 1.76. The number of fused-ring (bicyclic) bond motifs is 1. The number of halogens is 1. The van der Waals surface area contributed by atoms with Crippen LogP contribution in [0, 0.1) is 0 Å². The Bertz CT molecular complexity index is 931. The molecule has 0 saturated heterocycles. The van der Waals surface area contributed by atoms with Crippen molar-refractivity contribution in [2.75, 3.05) is 25.1 Å². The molecule has 1 amide bonds. The number of sulfonamides is 1. The third-order valence-electron chi connectivity index (χ3n) is 4.26. The van der Waals surface area contributed by atoms with Gasteiger partial charge in [0, 0.05) is 12.2 Å². The van der Waals surface area contributed by atoms with E-state index in [1.54, 1.807) is 4.90 Å². The van der Waals surface area contributed by atoms with Crippen LogP contribution < -0.4 is 14.4 Å². The van der Waals surface area contributed by atoms with Gasteiger partial charge in [-0.15, -0.1) is 0 Å². The van der Waals surface area contributed by atoms with Crippen molar-refractivity contribution in [3.05, 3.63) is 53.1 Å². The van der Waals surface area contributed by atoms with E-state index >= 15 is 0 Å². The van der Waals surface area contributed by atoms with Gasteiger partial charge in [-0.2, -0.15) is 0 Å². The van der Waals surface area contributed by atoms with Crippen molar-refractivity contribution in [2.45, 2.75) is 17.7 Å². The predicted octanol–water partition coefficient (Wildman–Crippen LogP) is 2.61. The highest BCUT2D eigenvalue weighted by atomic mass is 35.5. The van der Waals surface area contributed by atoms with Crippen LogP contribution in [0.1, 0.15) is 12.0 Å². The molecule has 0 radical (unpaired) electrons. The van der Waals surface area contributed by atoms with Crippen LogP contribution in [0.2, 0.25) is 5.02 Å². The standard InChI is InChI=1S/C18H19ClN2O4S/c1-25-17-9-8-14(11-15(17)19)26(23,24)20-12-18(22)21-10-4-6-13-5-2-3-7-16(13)21/h2-3,5,7-9,11,20H,4,6,10,12H2,1H3. The maximum Gasteiger partial charge on any atom is 0.242 e. The molecule has 0 unspecified atom stereocenters. The predicted molar refractivity (Wildman–Crippen MR) is 100 cm³/mol. The number of methoxy groups -OCH3 is 1. The Kier molecular flexibility index (Phi) is 5.50. The third kappa shape index (κ3) is 3.85. The fraction of sp³-hybridized carbons (Fsp3) is 0.278. The van der Waals surface area contributed by atoms with Gasteiger partial charge >= 0.3 is 0 Å². The number of nitrogens with zero attached hydrogens (tertiary/aromatic N) is 1. The van der Waals surface area contributed by atoms with Crippen LogP contribution in [0.15, 0.2) is 47.4 Å². The fourth-order valence-electron chi connectivity index (χ4n) is 2.94. The summed E-state index contributed by atoms with van der Waals surface area (Å²) >= 11 is 5.98. The number of aryl methyl sites for hydroxylation is 1. The number of ether oxygens (including phenoxy) is 1. The summed E-state index contributed by atoms with van der Waals surface area (Å²) in [5.74, 6) is 0.0898. The second kappa shape index (κ2) is 7.65. The van der Waals surface area contributed by atoms with E-state index in [0.717, 1.165) is 24.1 Å². The number of amides is 1. The summed E-state index contributed by atoms with van der Waals surface area (Å²) in [7, 11) is -2.41. The largest absolute Gasteiger partial charge is 0.495 e. The monoisotopic (exact) mass is 394 g/mol. The van der Waals surface area contributed by atoms with Crippen LogP contribution in [0.5, 0.6) is 5.75 Å². The number of hydrogen-bond donors (Lipinski definition) is 1. The number of carbonyl (C=O) groups excluding carboxylic acids is 1. The summed E-state index contributed by atoms with van der Waals surface area (Å²) in [4.78, 5) is 14.2. The first-order valence-corrected chi connectivity index (χ1v) is 10.00. The van der Waals surface area contributed by atoms with Gasteiger partial charge in [-0.25, -0.2) is 13.1 Å². The maximum atomic E-state index is 12.6. The van der Waals surface area contributed by atoms with E-state index in [1.807, 2.05) is 24.3 Å². The molecule has 0 saturated carbocycles. The van der Waals surface area contributed by atoms with Crippen molar-refractivity contribution in [3.8, 4) is 5.75 Å². The minimum absolute atomic E-state index is 0.0184. The molecule has 3 rings (SSSR count). The lowest BCUT2D eigenvalue weighted by atomic mass is 10.0. The van der Waals surface area contributed by atoms with E-state index < -0.39 is 10.0 Å². The van der Waals surface area contributed by atoms with Gasteiger partial charge in [0.2, 0.25) is 15.9 Å². The molecule has 1 heterocycles. The molecule has 2 aromatic rings. The molecule has 0 fully saturated rings. The van der Waals surface area contributed by atoms with Gasteiger partial charge in [0.05, 0.1) is 23.6 Å². The van der Waals surface area contributed by atoms with E-state index in [-0.39, 0.29) is 22.4 Å². The molecule has 0 bridgehead atoms. The average molecular weight is 395 g/mol. The lowest BCUT2D eigenvalue weighted by Gasteiger charge is -2.29. The zero-order valence-electron chi connectivity index (χ0n) is 14.2. The summed E-state index contributed by atoms with van der Waals surface area (Å²) in [6, 6.07) is 11.8. The molecule has 1 N–H and O–H groups in total. The van der Waals surface area contributed by atoms with Crippen molar-refractivity contribution >= 4 is 33.2 Å². The Balaban J connectivity index is 1.72. The quantitative estimate of drug-likeness (QED) is 0.845. The van der Waals surface area contributed by atoms with Crippen LogP contribution in [-0.4, -0.2) is 34.5 Å². The molecule has 2 aromatic carbocycles. The number of benzene rings is 2. The zero-order valence-corrected chi connectivity index (χ0v) is 15.8. The van der Waals surface area contributed by atoms with Gasteiger partial charge < -0.3 is 9.64 Å². The molecule has 6 nitrogen and oxygen atoms in total. The van der Waals surface area contributed by atoms with Crippen LogP contribution in [0.3, 0.4) is 0 Å². The first-order valence-electron chi connectivity index (χ1n) is 8.14. The van der Waals surface area contributed by atoms with Crippen LogP contribution in [-0.2, 0) is 21.2 Å². The fourth-order valence-corrected chi connectivity index (χ4v) is 4.27. The lowest BCUT2D eigenvalue weighted by molar-refractivity contribution is -0.117. The third-order valence-corrected chi connectivity index (χ3v) is 5.95. The highest BCUT2D eigenvalue weighted by molar-refractivity contribution is 7.89. The highest BCUT2D eigenvalue weighted by Crippen LogP contribution is 2.28. The Morgan fingerprint density at radius 3 is 2.77 bits per heavy atom. The molecule has 8 heteroatoms. The van der Waals surface area contributed by atoms with E-state index in [0.29, 0.717) is 12.3 Å². The number of anilines is 1. The summed E-state index contributed by atoms with van der Waals surface area (Å²) in [5.41, 5.74) is 1.94. The number of nitrogens with one attached hydrogen (secondary N) is 1. The molecular formula is C18H19ClN2O4S. The van der Waals surface area contributed by atoms with E-state index in [4.69, 9.17) is 16.3 Å². The van der Waals surface area contributed by atoms with Crippen molar-refractivity contribution in [2.24, 2.45) is 0 Å².